The molecule has 2 aromatic rings. The molecule has 0 spiro atoms. The Morgan fingerprint density at radius 2 is 2.48 bits per heavy atom. The summed E-state index contributed by atoms with van der Waals surface area (Å²) in [7, 11) is 3.78. The molecule has 1 N–H and O–H groups in total. The van der Waals surface area contributed by atoms with Gasteiger partial charge in [-0.2, -0.15) is 5.10 Å². The van der Waals surface area contributed by atoms with Crippen molar-refractivity contribution in [1.82, 2.24) is 20.0 Å². The maximum atomic E-state index is 5.34. The van der Waals surface area contributed by atoms with Crippen molar-refractivity contribution in [2.45, 2.75) is 18.9 Å². The standard InChI is InChI=1S/C15H21N5O/c1-16-15(17-9-14-4-3-7-21-14)20-6-5-12(11-20)13-8-18-19(2)10-13/h3-4,7-8,10,12H,5-6,9,11H2,1-2H3,(H,16,17). The summed E-state index contributed by atoms with van der Waals surface area (Å²) in [6.45, 7) is 2.65. The third-order valence-corrected chi connectivity index (χ3v) is 3.90. The SMILES string of the molecule is CN=C(NCc1ccco1)N1CCC(c2cnn(C)c2)C1. The number of furan rings is 1. The van der Waals surface area contributed by atoms with Gasteiger partial charge in [-0.05, 0) is 24.1 Å². The second-order valence-electron chi connectivity index (χ2n) is 5.36. The molecule has 0 amide bonds. The number of hydrogen-bond donors (Lipinski definition) is 1. The van der Waals surface area contributed by atoms with Crippen LogP contribution in [-0.2, 0) is 13.6 Å². The summed E-state index contributed by atoms with van der Waals surface area (Å²) < 4.78 is 7.20. The second kappa shape index (κ2) is 6.03. The predicted molar refractivity (Wildman–Crippen MR) is 81.0 cm³/mol. The Morgan fingerprint density at radius 3 is 3.14 bits per heavy atom. The first-order valence-corrected chi connectivity index (χ1v) is 7.23. The summed E-state index contributed by atoms with van der Waals surface area (Å²) in [6, 6.07) is 3.86. The van der Waals surface area contributed by atoms with Gasteiger partial charge in [-0.25, -0.2) is 0 Å². The molecule has 1 unspecified atom stereocenters. The Hall–Kier alpha value is -2.24. The average molecular weight is 287 g/mol. The van der Waals surface area contributed by atoms with Crippen molar-refractivity contribution in [3.8, 4) is 0 Å². The minimum atomic E-state index is 0.529. The zero-order valence-corrected chi connectivity index (χ0v) is 12.5. The number of likely N-dealkylation sites (tertiary alicyclic amines) is 1. The summed E-state index contributed by atoms with van der Waals surface area (Å²) in [4.78, 5) is 6.66. The highest BCUT2D eigenvalue weighted by Gasteiger charge is 2.26. The number of guanidine groups is 1. The van der Waals surface area contributed by atoms with Gasteiger partial charge >= 0.3 is 0 Å². The molecule has 3 heterocycles. The van der Waals surface area contributed by atoms with E-state index in [2.05, 4.69) is 26.5 Å². The average Bonchev–Trinajstić information content (AvgIpc) is 3.19. The van der Waals surface area contributed by atoms with Gasteiger partial charge in [0, 0.05) is 39.3 Å². The first-order chi connectivity index (χ1) is 10.3. The molecule has 1 fully saturated rings. The molecule has 0 radical (unpaired) electrons. The van der Waals surface area contributed by atoms with E-state index in [0.29, 0.717) is 12.5 Å². The highest BCUT2D eigenvalue weighted by atomic mass is 16.3. The van der Waals surface area contributed by atoms with E-state index in [1.807, 2.05) is 37.1 Å². The fraction of sp³-hybridized carbons (Fsp3) is 0.467. The van der Waals surface area contributed by atoms with Gasteiger partial charge in [0.1, 0.15) is 5.76 Å². The number of aromatic nitrogens is 2. The van der Waals surface area contributed by atoms with E-state index < -0.39 is 0 Å². The fourth-order valence-electron chi connectivity index (χ4n) is 2.79. The molecule has 0 aromatic carbocycles. The van der Waals surface area contributed by atoms with E-state index >= 15 is 0 Å². The van der Waals surface area contributed by atoms with E-state index in [1.54, 1.807) is 6.26 Å². The molecule has 112 valence electrons. The lowest BCUT2D eigenvalue weighted by molar-refractivity contribution is 0.465. The zero-order valence-electron chi connectivity index (χ0n) is 12.5. The largest absolute Gasteiger partial charge is 0.467 e. The van der Waals surface area contributed by atoms with E-state index in [1.165, 1.54) is 5.56 Å². The summed E-state index contributed by atoms with van der Waals surface area (Å²) in [6.07, 6.45) is 6.89. The summed E-state index contributed by atoms with van der Waals surface area (Å²) in [5.74, 6) is 2.37. The lowest BCUT2D eigenvalue weighted by atomic mass is 10.0. The molecule has 3 rings (SSSR count). The van der Waals surface area contributed by atoms with Gasteiger partial charge in [0.25, 0.3) is 0 Å². The summed E-state index contributed by atoms with van der Waals surface area (Å²) in [5, 5.41) is 7.61. The highest BCUT2D eigenvalue weighted by molar-refractivity contribution is 5.80. The van der Waals surface area contributed by atoms with Crippen LogP contribution in [0.2, 0.25) is 0 Å². The Morgan fingerprint density at radius 1 is 1.57 bits per heavy atom. The van der Waals surface area contributed by atoms with Crippen molar-refractivity contribution in [2.24, 2.45) is 12.0 Å². The Bertz CT molecular complexity index is 601. The van der Waals surface area contributed by atoms with Gasteiger partial charge < -0.3 is 14.6 Å². The van der Waals surface area contributed by atoms with E-state index in [9.17, 15) is 0 Å². The Labute approximate surface area is 124 Å². The van der Waals surface area contributed by atoms with Crippen molar-refractivity contribution in [1.29, 1.82) is 0 Å². The van der Waals surface area contributed by atoms with Gasteiger partial charge in [-0.15, -0.1) is 0 Å². The van der Waals surface area contributed by atoms with E-state index in [0.717, 1.165) is 31.2 Å². The normalized spacial score (nSPS) is 19.2. The highest BCUT2D eigenvalue weighted by Crippen LogP contribution is 2.26. The molecule has 0 saturated carbocycles. The van der Waals surface area contributed by atoms with Crippen LogP contribution in [0.5, 0.6) is 0 Å². The number of aryl methyl sites for hydroxylation is 1. The van der Waals surface area contributed by atoms with Crippen molar-refractivity contribution in [3.05, 3.63) is 42.1 Å². The van der Waals surface area contributed by atoms with Crippen molar-refractivity contribution in [2.75, 3.05) is 20.1 Å². The molecule has 1 aliphatic heterocycles. The summed E-state index contributed by atoms with van der Waals surface area (Å²) in [5.41, 5.74) is 1.31. The van der Waals surface area contributed by atoms with Crippen molar-refractivity contribution < 1.29 is 4.42 Å². The van der Waals surface area contributed by atoms with E-state index in [4.69, 9.17) is 4.42 Å². The van der Waals surface area contributed by atoms with Crippen molar-refractivity contribution >= 4 is 5.96 Å². The number of rotatable bonds is 3. The van der Waals surface area contributed by atoms with Crippen LogP contribution in [0.15, 0.2) is 40.2 Å². The topological polar surface area (TPSA) is 58.6 Å². The van der Waals surface area contributed by atoms with Crippen LogP contribution in [0.25, 0.3) is 0 Å². The molecular formula is C15H21N5O. The predicted octanol–water partition coefficient (Wildman–Crippen LogP) is 1.58. The molecule has 6 heteroatoms. The number of nitrogens with zero attached hydrogens (tertiary/aromatic N) is 4. The second-order valence-corrected chi connectivity index (χ2v) is 5.36. The maximum absolute atomic E-state index is 5.34. The lowest BCUT2D eigenvalue weighted by Gasteiger charge is -2.21. The van der Waals surface area contributed by atoms with Crippen LogP contribution in [0.3, 0.4) is 0 Å². The molecule has 1 aliphatic rings. The van der Waals surface area contributed by atoms with Crippen LogP contribution in [0.4, 0.5) is 0 Å². The van der Waals surface area contributed by atoms with E-state index in [-0.39, 0.29) is 0 Å². The minimum absolute atomic E-state index is 0.529. The van der Waals surface area contributed by atoms with Crippen LogP contribution in [0, 0.1) is 0 Å². The van der Waals surface area contributed by atoms with Gasteiger partial charge in [-0.3, -0.25) is 9.67 Å². The smallest absolute Gasteiger partial charge is 0.194 e. The third kappa shape index (κ3) is 3.09. The summed E-state index contributed by atoms with van der Waals surface area (Å²) >= 11 is 0. The Kier molecular flexibility index (Phi) is 3.94. The lowest BCUT2D eigenvalue weighted by Crippen LogP contribution is -2.39. The minimum Gasteiger partial charge on any atom is -0.467 e. The van der Waals surface area contributed by atoms with Crippen LogP contribution < -0.4 is 5.32 Å². The molecule has 1 saturated heterocycles. The van der Waals surface area contributed by atoms with Crippen molar-refractivity contribution in [3.63, 3.8) is 0 Å². The van der Waals surface area contributed by atoms with Crippen LogP contribution in [-0.4, -0.2) is 40.8 Å². The van der Waals surface area contributed by atoms with Crippen LogP contribution >= 0.6 is 0 Å². The van der Waals surface area contributed by atoms with Gasteiger partial charge in [-0.1, -0.05) is 0 Å². The molecule has 0 aliphatic carbocycles. The quantitative estimate of drug-likeness (QED) is 0.688. The van der Waals surface area contributed by atoms with Gasteiger partial charge in [0.15, 0.2) is 5.96 Å². The molecule has 6 nitrogen and oxygen atoms in total. The van der Waals surface area contributed by atoms with Gasteiger partial charge in [0.2, 0.25) is 0 Å². The molecule has 0 bridgehead atoms. The Balaban J connectivity index is 1.58. The molecule has 1 atom stereocenters. The van der Waals surface area contributed by atoms with Crippen LogP contribution in [0.1, 0.15) is 23.7 Å². The molecule has 21 heavy (non-hydrogen) atoms. The number of hydrogen-bond acceptors (Lipinski definition) is 3. The molecular weight excluding hydrogens is 266 g/mol. The van der Waals surface area contributed by atoms with Gasteiger partial charge in [0.05, 0.1) is 19.0 Å². The monoisotopic (exact) mass is 287 g/mol. The zero-order chi connectivity index (χ0) is 14.7. The number of aliphatic imine (C=N–C) groups is 1. The fourth-order valence-corrected chi connectivity index (χ4v) is 2.79. The first-order valence-electron chi connectivity index (χ1n) is 7.23. The number of nitrogens with one attached hydrogen (secondary N) is 1. The maximum Gasteiger partial charge on any atom is 0.194 e. The third-order valence-electron chi connectivity index (χ3n) is 3.90. The first kappa shape index (κ1) is 13.7. The molecule has 2 aromatic heterocycles.